The maximum Gasteiger partial charge on any atom is 0.417 e. The molecule has 1 aliphatic rings. The Hall–Kier alpha value is -1.83. The number of rotatable bonds is 3. The van der Waals surface area contributed by atoms with Gasteiger partial charge in [-0.05, 0) is 12.1 Å². The molecule has 1 fully saturated rings. The number of halogens is 3. The van der Waals surface area contributed by atoms with Gasteiger partial charge in [0.1, 0.15) is 0 Å². The van der Waals surface area contributed by atoms with Crippen molar-refractivity contribution < 1.29 is 18.0 Å². The van der Waals surface area contributed by atoms with Gasteiger partial charge in [0.25, 0.3) is 0 Å². The van der Waals surface area contributed by atoms with E-state index in [1.807, 2.05) is 0 Å². The molecule has 1 aromatic rings. The maximum atomic E-state index is 12.3. The van der Waals surface area contributed by atoms with Crippen molar-refractivity contribution in [1.82, 2.24) is 20.3 Å². The molecule has 19 heavy (non-hydrogen) atoms. The average molecular weight is 274 g/mol. The lowest BCUT2D eigenvalue weighted by atomic mass is 10.2. The highest BCUT2D eigenvalue weighted by atomic mass is 19.4. The summed E-state index contributed by atoms with van der Waals surface area (Å²) in [6, 6.07) is 2.11. The third-order valence-electron chi connectivity index (χ3n) is 2.82. The van der Waals surface area contributed by atoms with Crippen molar-refractivity contribution >= 4 is 6.03 Å². The molecule has 0 unspecified atom stereocenters. The van der Waals surface area contributed by atoms with Gasteiger partial charge in [0, 0.05) is 19.8 Å². The van der Waals surface area contributed by atoms with Gasteiger partial charge in [-0.15, -0.1) is 0 Å². The number of pyridine rings is 1. The highest BCUT2D eigenvalue weighted by Gasteiger charge is 2.30. The minimum atomic E-state index is -4.38. The molecule has 1 N–H and O–H groups in total. The fourth-order valence-electron chi connectivity index (χ4n) is 1.67. The van der Waals surface area contributed by atoms with Crippen LogP contribution in [0.2, 0.25) is 0 Å². The van der Waals surface area contributed by atoms with E-state index >= 15 is 0 Å². The number of hydrogen-bond donors (Lipinski definition) is 1. The van der Waals surface area contributed by atoms with Crippen molar-refractivity contribution in [3.8, 4) is 0 Å². The molecule has 1 aromatic heterocycles. The molecule has 5 nitrogen and oxygen atoms in total. The van der Waals surface area contributed by atoms with Gasteiger partial charge in [0.15, 0.2) is 0 Å². The van der Waals surface area contributed by atoms with Crippen molar-refractivity contribution in [2.75, 3.05) is 20.1 Å². The molecule has 0 spiro atoms. The predicted octanol–water partition coefficient (Wildman–Crippen LogP) is 1.47. The standard InChI is InChI=1S/C11H13F3N4O/c1-17-4-5-18(10(17)19)16-7-9-3-2-8(6-15-9)11(12,13)14/h2-3,6,16H,4-5,7H2,1H3. The Labute approximate surface area is 108 Å². The summed E-state index contributed by atoms with van der Waals surface area (Å²) in [5, 5.41) is 1.42. The first-order valence-corrected chi connectivity index (χ1v) is 5.66. The Morgan fingerprint density at radius 3 is 2.58 bits per heavy atom. The second-order valence-electron chi connectivity index (χ2n) is 4.23. The minimum absolute atomic E-state index is 0.160. The molecule has 2 amide bonds. The van der Waals surface area contributed by atoms with Crippen LogP contribution in [0.4, 0.5) is 18.0 Å². The van der Waals surface area contributed by atoms with Crippen LogP contribution in [-0.4, -0.2) is 41.1 Å². The Kier molecular flexibility index (Phi) is 3.61. The van der Waals surface area contributed by atoms with E-state index in [4.69, 9.17) is 0 Å². The molecular weight excluding hydrogens is 261 g/mol. The van der Waals surface area contributed by atoms with Crippen molar-refractivity contribution in [3.05, 3.63) is 29.6 Å². The lowest BCUT2D eigenvalue weighted by Gasteiger charge is -2.17. The zero-order valence-electron chi connectivity index (χ0n) is 10.2. The number of hydrogen-bond acceptors (Lipinski definition) is 3. The van der Waals surface area contributed by atoms with Gasteiger partial charge in [-0.3, -0.25) is 9.99 Å². The first kappa shape index (κ1) is 13.6. The van der Waals surface area contributed by atoms with Gasteiger partial charge in [0.2, 0.25) is 0 Å². The molecule has 1 aliphatic heterocycles. The summed E-state index contributed by atoms with van der Waals surface area (Å²) in [5.41, 5.74) is 2.49. The van der Waals surface area contributed by atoms with Gasteiger partial charge in [-0.2, -0.15) is 13.2 Å². The normalized spacial score (nSPS) is 16.3. The summed E-state index contributed by atoms with van der Waals surface area (Å²) in [6.07, 6.45) is -3.60. The Balaban J connectivity index is 1.92. The lowest BCUT2D eigenvalue weighted by molar-refractivity contribution is -0.137. The summed E-state index contributed by atoms with van der Waals surface area (Å²) in [7, 11) is 1.68. The number of likely N-dealkylation sites (N-methyl/N-ethyl adjacent to an activating group) is 1. The van der Waals surface area contributed by atoms with Gasteiger partial charge in [0.05, 0.1) is 24.3 Å². The van der Waals surface area contributed by atoms with Crippen LogP contribution in [0, 0.1) is 0 Å². The van der Waals surface area contributed by atoms with E-state index in [0.29, 0.717) is 18.8 Å². The van der Waals surface area contributed by atoms with Gasteiger partial charge >= 0.3 is 12.2 Å². The first-order chi connectivity index (χ1) is 8.88. The molecule has 0 atom stereocenters. The predicted molar refractivity (Wildman–Crippen MR) is 60.8 cm³/mol. The molecule has 0 aromatic carbocycles. The molecule has 104 valence electrons. The number of amides is 2. The van der Waals surface area contributed by atoms with Crippen LogP contribution in [0.15, 0.2) is 18.3 Å². The van der Waals surface area contributed by atoms with E-state index in [1.165, 1.54) is 11.1 Å². The quantitative estimate of drug-likeness (QED) is 0.908. The molecular formula is C11H13F3N4O. The van der Waals surface area contributed by atoms with Crippen molar-refractivity contribution in [3.63, 3.8) is 0 Å². The van der Waals surface area contributed by atoms with E-state index in [0.717, 1.165) is 12.3 Å². The fourth-order valence-corrected chi connectivity index (χ4v) is 1.67. The minimum Gasteiger partial charge on any atom is -0.325 e. The van der Waals surface area contributed by atoms with Crippen LogP contribution in [0.3, 0.4) is 0 Å². The van der Waals surface area contributed by atoms with E-state index in [-0.39, 0.29) is 12.6 Å². The average Bonchev–Trinajstić information content (AvgIpc) is 2.67. The van der Waals surface area contributed by atoms with Crippen LogP contribution < -0.4 is 5.43 Å². The monoisotopic (exact) mass is 274 g/mol. The zero-order chi connectivity index (χ0) is 14.0. The number of alkyl halides is 3. The van der Waals surface area contributed by atoms with E-state index in [9.17, 15) is 18.0 Å². The summed E-state index contributed by atoms with van der Waals surface area (Å²) >= 11 is 0. The molecule has 2 heterocycles. The third-order valence-corrected chi connectivity index (χ3v) is 2.82. The van der Waals surface area contributed by atoms with Crippen molar-refractivity contribution in [1.29, 1.82) is 0 Å². The second-order valence-corrected chi connectivity index (χ2v) is 4.23. The molecule has 1 saturated heterocycles. The van der Waals surface area contributed by atoms with Gasteiger partial charge in [-0.1, -0.05) is 0 Å². The Bertz CT molecular complexity index is 460. The topological polar surface area (TPSA) is 48.5 Å². The molecule has 0 aliphatic carbocycles. The zero-order valence-corrected chi connectivity index (χ0v) is 10.2. The van der Waals surface area contributed by atoms with Gasteiger partial charge in [-0.25, -0.2) is 10.2 Å². The summed E-state index contributed by atoms with van der Waals surface area (Å²) < 4.78 is 37.0. The van der Waals surface area contributed by atoms with Crippen LogP contribution in [-0.2, 0) is 12.7 Å². The van der Waals surface area contributed by atoms with Gasteiger partial charge < -0.3 is 4.90 Å². The third kappa shape index (κ3) is 3.14. The lowest BCUT2D eigenvalue weighted by Crippen LogP contribution is -2.40. The number of nitrogens with zero attached hydrogens (tertiary/aromatic N) is 3. The molecule has 8 heteroatoms. The number of carbonyl (C=O) groups is 1. The number of urea groups is 1. The van der Waals surface area contributed by atoms with E-state index < -0.39 is 11.7 Å². The second kappa shape index (κ2) is 5.04. The summed E-state index contributed by atoms with van der Waals surface area (Å²) in [6.45, 7) is 1.36. The van der Waals surface area contributed by atoms with Crippen molar-refractivity contribution in [2.24, 2.45) is 0 Å². The van der Waals surface area contributed by atoms with Crippen LogP contribution >= 0.6 is 0 Å². The maximum absolute atomic E-state index is 12.3. The number of aromatic nitrogens is 1. The smallest absolute Gasteiger partial charge is 0.325 e. The van der Waals surface area contributed by atoms with Crippen LogP contribution in [0.1, 0.15) is 11.3 Å². The highest BCUT2D eigenvalue weighted by Crippen LogP contribution is 2.28. The molecule has 0 radical (unpaired) electrons. The Morgan fingerprint density at radius 1 is 1.37 bits per heavy atom. The Morgan fingerprint density at radius 2 is 2.11 bits per heavy atom. The molecule has 0 bridgehead atoms. The first-order valence-electron chi connectivity index (χ1n) is 5.66. The van der Waals surface area contributed by atoms with E-state index in [1.54, 1.807) is 11.9 Å². The molecule has 2 rings (SSSR count). The van der Waals surface area contributed by atoms with E-state index in [2.05, 4.69) is 10.4 Å². The summed E-state index contributed by atoms with van der Waals surface area (Å²) in [5.74, 6) is 0. The number of carbonyl (C=O) groups excluding carboxylic acids is 1. The number of nitrogens with one attached hydrogen (secondary N) is 1. The van der Waals surface area contributed by atoms with Crippen LogP contribution in [0.5, 0.6) is 0 Å². The fraction of sp³-hybridized carbons (Fsp3) is 0.455. The highest BCUT2D eigenvalue weighted by molar-refractivity contribution is 5.75. The number of hydrazine groups is 1. The largest absolute Gasteiger partial charge is 0.417 e. The molecule has 0 saturated carbocycles. The summed E-state index contributed by atoms with van der Waals surface area (Å²) in [4.78, 5) is 16.8. The SMILES string of the molecule is CN1CCN(NCc2ccc(C(F)(F)F)cn2)C1=O. The van der Waals surface area contributed by atoms with Crippen LogP contribution in [0.25, 0.3) is 0 Å². The van der Waals surface area contributed by atoms with Crippen molar-refractivity contribution in [2.45, 2.75) is 12.7 Å².